The molecule has 0 unspecified atom stereocenters. The maximum Gasteiger partial charge on any atom is 0.292 e. The summed E-state index contributed by atoms with van der Waals surface area (Å²) in [7, 11) is 3.24. The molecule has 0 atom stereocenters. The lowest BCUT2D eigenvalue weighted by atomic mass is 10.2. The minimum atomic E-state index is -0.457. The molecule has 0 spiro atoms. The average Bonchev–Trinajstić information content (AvgIpc) is 2.51. The third kappa shape index (κ3) is 4.41. The number of hydrogen-bond acceptors (Lipinski definition) is 4. The van der Waals surface area contributed by atoms with Crippen molar-refractivity contribution < 1.29 is 9.72 Å². The van der Waals surface area contributed by atoms with Crippen molar-refractivity contribution in [1.82, 2.24) is 4.90 Å². The van der Waals surface area contributed by atoms with Crippen molar-refractivity contribution >= 4 is 23.1 Å². The quantitative estimate of drug-likeness (QED) is 0.392. The SMILES string of the molecule is CCC(=O)N(C)/C=C(\C)C(=NC)Nc1ccccc1[N+](=O)[O-]. The highest BCUT2D eigenvalue weighted by atomic mass is 16.6. The van der Waals surface area contributed by atoms with Crippen LogP contribution in [0.25, 0.3) is 0 Å². The number of benzene rings is 1. The zero-order chi connectivity index (χ0) is 16.7. The fourth-order valence-electron chi connectivity index (χ4n) is 1.87. The monoisotopic (exact) mass is 304 g/mol. The Hall–Kier alpha value is -2.70. The number of nitro groups is 1. The fourth-order valence-corrected chi connectivity index (χ4v) is 1.87. The minimum Gasteiger partial charge on any atom is -0.335 e. The third-order valence-electron chi connectivity index (χ3n) is 3.03. The first-order chi connectivity index (χ1) is 10.4. The third-order valence-corrected chi connectivity index (χ3v) is 3.03. The number of aliphatic imine (C=N–C) groups is 1. The Morgan fingerprint density at radius 2 is 2.09 bits per heavy atom. The van der Waals surface area contributed by atoms with E-state index in [0.717, 1.165) is 0 Å². The molecule has 22 heavy (non-hydrogen) atoms. The number of carbonyl (C=O) groups excluding carboxylic acids is 1. The average molecular weight is 304 g/mol. The summed E-state index contributed by atoms with van der Waals surface area (Å²) >= 11 is 0. The first kappa shape index (κ1) is 17.4. The predicted molar refractivity (Wildman–Crippen MR) is 86.9 cm³/mol. The summed E-state index contributed by atoms with van der Waals surface area (Å²) in [5.41, 5.74) is 1.02. The number of para-hydroxylation sites is 2. The Bertz CT molecular complexity index is 623. The first-order valence-corrected chi connectivity index (χ1v) is 6.82. The van der Waals surface area contributed by atoms with E-state index in [9.17, 15) is 14.9 Å². The van der Waals surface area contributed by atoms with Crippen LogP contribution >= 0.6 is 0 Å². The minimum absolute atomic E-state index is 0.0273. The van der Waals surface area contributed by atoms with E-state index < -0.39 is 4.92 Å². The first-order valence-electron chi connectivity index (χ1n) is 6.82. The highest BCUT2D eigenvalue weighted by Gasteiger charge is 2.15. The zero-order valence-electron chi connectivity index (χ0n) is 13.2. The Morgan fingerprint density at radius 3 is 2.64 bits per heavy atom. The lowest BCUT2D eigenvalue weighted by molar-refractivity contribution is -0.383. The summed E-state index contributed by atoms with van der Waals surface area (Å²) < 4.78 is 0. The van der Waals surface area contributed by atoms with Crippen molar-refractivity contribution in [2.45, 2.75) is 20.3 Å². The molecule has 7 nitrogen and oxygen atoms in total. The lowest BCUT2D eigenvalue weighted by Crippen LogP contribution is -2.23. The highest BCUT2D eigenvalue weighted by molar-refractivity contribution is 6.08. The van der Waals surface area contributed by atoms with E-state index in [1.807, 2.05) is 0 Å². The number of rotatable bonds is 5. The number of nitrogens with one attached hydrogen (secondary N) is 1. The highest BCUT2D eigenvalue weighted by Crippen LogP contribution is 2.23. The number of amidine groups is 1. The topological polar surface area (TPSA) is 87.8 Å². The van der Waals surface area contributed by atoms with Gasteiger partial charge in [0.2, 0.25) is 5.91 Å². The van der Waals surface area contributed by atoms with Gasteiger partial charge in [0, 0.05) is 38.4 Å². The molecule has 0 aliphatic heterocycles. The van der Waals surface area contributed by atoms with Gasteiger partial charge >= 0.3 is 0 Å². The van der Waals surface area contributed by atoms with Gasteiger partial charge in [0.25, 0.3) is 5.69 Å². The van der Waals surface area contributed by atoms with Gasteiger partial charge in [-0.3, -0.25) is 19.9 Å². The van der Waals surface area contributed by atoms with Crippen LogP contribution in [-0.2, 0) is 4.79 Å². The van der Waals surface area contributed by atoms with E-state index in [0.29, 0.717) is 23.5 Å². The number of nitro benzene ring substituents is 1. The van der Waals surface area contributed by atoms with Gasteiger partial charge in [-0.25, -0.2) is 0 Å². The van der Waals surface area contributed by atoms with Gasteiger partial charge in [-0.2, -0.15) is 0 Å². The summed E-state index contributed by atoms with van der Waals surface area (Å²) in [6.45, 7) is 3.56. The van der Waals surface area contributed by atoms with Crippen LogP contribution in [0.2, 0.25) is 0 Å². The number of nitrogens with zero attached hydrogens (tertiary/aromatic N) is 3. The lowest BCUT2D eigenvalue weighted by Gasteiger charge is -2.15. The van der Waals surface area contributed by atoms with Gasteiger partial charge in [-0.05, 0) is 13.0 Å². The molecule has 0 aliphatic carbocycles. The van der Waals surface area contributed by atoms with E-state index in [1.165, 1.54) is 11.0 Å². The van der Waals surface area contributed by atoms with E-state index in [4.69, 9.17) is 0 Å². The Balaban J connectivity index is 3.02. The largest absolute Gasteiger partial charge is 0.335 e. The molecule has 0 fully saturated rings. The predicted octanol–water partition coefficient (Wildman–Crippen LogP) is 2.81. The zero-order valence-corrected chi connectivity index (χ0v) is 13.2. The summed E-state index contributed by atoms with van der Waals surface area (Å²) in [6, 6.07) is 6.33. The van der Waals surface area contributed by atoms with Crippen molar-refractivity contribution in [3.05, 3.63) is 46.2 Å². The van der Waals surface area contributed by atoms with Crippen LogP contribution in [0.1, 0.15) is 20.3 Å². The van der Waals surface area contributed by atoms with Gasteiger partial charge < -0.3 is 10.2 Å². The summed E-state index contributed by atoms with van der Waals surface area (Å²) in [5.74, 6) is 0.436. The summed E-state index contributed by atoms with van der Waals surface area (Å²) in [5, 5.41) is 14.0. The molecule has 1 aromatic carbocycles. The van der Waals surface area contributed by atoms with Gasteiger partial charge in [0.15, 0.2) is 0 Å². The molecule has 0 saturated heterocycles. The molecule has 0 saturated carbocycles. The van der Waals surface area contributed by atoms with Gasteiger partial charge in [0.1, 0.15) is 11.5 Å². The molecule has 1 amide bonds. The second kappa shape index (κ2) is 7.92. The van der Waals surface area contributed by atoms with Crippen LogP contribution in [0.3, 0.4) is 0 Å². The van der Waals surface area contributed by atoms with E-state index in [1.54, 1.807) is 52.3 Å². The molecule has 0 aliphatic rings. The van der Waals surface area contributed by atoms with Gasteiger partial charge in [0.05, 0.1) is 4.92 Å². The molecular formula is C15H20N4O3. The van der Waals surface area contributed by atoms with Crippen molar-refractivity contribution in [3.63, 3.8) is 0 Å². The van der Waals surface area contributed by atoms with Crippen LogP contribution in [-0.4, -0.2) is 35.7 Å². The van der Waals surface area contributed by atoms with Crippen LogP contribution in [0.4, 0.5) is 11.4 Å². The van der Waals surface area contributed by atoms with Crippen LogP contribution in [0.5, 0.6) is 0 Å². The molecule has 7 heteroatoms. The maximum atomic E-state index is 11.6. The Labute approximate surface area is 129 Å². The Kier molecular flexibility index (Phi) is 6.25. The van der Waals surface area contributed by atoms with Crippen molar-refractivity contribution in [3.8, 4) is 0 Å². The van der Waals surface area contributed by atoms with Crippen LogP contribution in [0, 0.1) is 10.1 Å². The standard InChI is InChI=1S/C15H20N4O3/c1-5-14(20)18(4)10-11(2)15(16-3)17-12-8-6-7-9-13(12)19(21)22/h6-10H,5H2,1-4H3,(H,16,17)/b11-10+. The van der Waals surface area contributed by atoms with E-state index >= 15 is 0 Å². The molecule has 1 N–H and O–H groups in total. The fraction of sp³-hybridized carbons (Fsp3) is 0.333. The second-order valence-electron chi connectivity index (χ2n) is 4.64. The number of anilines is 1. The summed E-state index contributed by atoms with van der Waals surface area (Å²) in [4.78, 5) is 27.7. The molecule has 0 heterocycles. The summed E-state index contributed by atoms with van der Waals surface area (Å²) in [6.07, 6.45) is 2.05. The molecule has 1 aromatic rings. The van der Waals surface area contributed by atoms with E-state index in [2.05, 4.69) is 10.3 Å². The second-order valence-corrected chi connectivity index (χ2v) is 4.64. The molecule has 0 aromatic heterocycles. The maximum absolute atomic E-state index is 11.6. The van der Waals surface area contributed by atoms with E-state index in [-0.39, 0.29) is 11.6 Å². The Morgan fingerprint density at radius 1 is 1.45 bits per heavy atom. The number of hydrogen-bond donors (Lipinski definition) is 1. The number of carbonyl (C=O) groups is 1. The number of amides is 1. The van der Waals surface area contributed by atoms with Crippen molar-refractivity contribution in [2.75, 3.05) is 19.4 Å². The normalized spacial score (nSPS) is 12.0. The van der Waals surface area contributed by atoms with Crippen LogP contribution < -0.4 is 5.32 Å². The van der Waals surface area contributed by atoms with Crippen molar-refractivity contribution in [2.24, 2.45) is 4.99 Å². The van der Waals surface area contributed by atoms with Gasteiger partial charge in [-0.1, -0.05) is 19.1 Å². The smallest absolute Gasteiger partial charge is 0.292 e. The molecule has 118 valence electrons. The molecular weight excluding hydrogens is 284 g/mol. The molecule has 0 bridgehead atoms. The van der Waals surface area contributed by atoms with Crippen molar-refractivity contribution in [1.29, 1.82) is 0 Å². The van der Waals surface area contributed by atoms with Gasteiger partial charge in [-0.15, -0.1) is 0 Å². The molecule has 1 rings (SSSR count). The molecule has 0 radical (unpaired) electrons. The van der Waals surface area contributed by atoms with Crippen LogP contribution in [0.15, 0.2) is 41.0 Å².